The first-order chi connectivity index (χ1) is 8.91. The highest BCUT2D eigenvalue weighted by Gasteiger charge is 2.45. The summed E-state index contributed by atoms with van der Waals surface area (Å²) in [7, 11) is 1.67. The van der Waals surface area contributed by atoms with Crippen LogP contribution in [0, 0.1) is 15.5 Å². The zero-order chi connectivity index (χ0) is 14.2. The van der Waals surface area contributed by atoms with Gasteiger partial charge in [-0.2, -0.15) is 0 Å². The van der Waals surface area contributed by atoms with Crippen LogP contribution in [0.3, 0.4) is 0 Å². The van der Waals surface area contributed by atoms with Crippen LogP contribution in [0.25, 0.3) is 0 Å². The molecule has 0 aliphatic carbocycles. The van der Waals surface area contributed by atoms with Crippen LogP contribution < -0.4 is 4.90 Å². The first-order valence-corrected chi connectivity index (χ1v) is 6.05. The van der Waals surface area contributed by atoms with E-state index in [4.69, 9.17) is 0 Å². The average Bonchev–Trinajstić information content (AvgIpc) is 2.92. The number of nitrogens with zero attached hydrogens (tertiary/aromatic N) is 4. The normalized spacial score (nSPS) is 22.7. The number of nitro groups is 1. The number of aryl methyl sites for hydroxylation is 1. The molecule has 8 heteroatoms. The summed E-state index contributed by atoms with van der Waals surface area (Å²) in [5.74, 6) is -0.691. The number of carbonyl (C=O) groups is 1. The van der Waals surface area contributed by atoms with E-state index < -0.39 is 16.3 Å². The van der Waals surface area contributed by atoms with E-state index in [9.17, 15) is 20.0 Å². The Bertz CT molecular complexity index is 527. The van der Waals surface area contributed by atoms with Crippen LogP contribution in [0.2, 0.25) is 0 Å². The zero-order valence-corrected chi connectivity index (χ0v) is 10.9. The van der Waals surface area contributed by atoms with E-state index >= 15 is 0 Å². The van der Waals surface area contributed by atoms with Gasteiger partial charge in [0.2, 0.25) is 12.1 Å². The maximum Gasteiger partial charge on any atom is 0.406 e. The maximum absolute atomic E-state index is 11.4. The van der Waals surface area contributed by atoms with Crippen molar-refractivity contribution in [2.45, 2.75) is 19.8 Å². The molecular weight excluding hydrogens is 252 g/mol. The van der Waals surface area contributed by atoms with Crippen LogP contribution in [0.5, 0.6) is 0 Å². The average molecular weight is 268 g/mol. The zero-order valence-electron chi connectivity index (χ0n) is 10.9. The van der Waals surface area contributed by atoms with Gasteiger partial charge in [0, 0.05) is 20.1 Å². The van der Waals surface area contributed by atoms with Crippen molar-refractivity contribution in [3.8, 4) is 0 Å². The molecule has 1 aliphatic rings. The van der Waals surface area contributed by atoms with Gasteiger partial charge in [0.05, 0.1) is 5.41 Å². The number of hydrogen-bond donors (Lipinski definition) is 1. The second-order valence-electron chi connectivity index (χ2n) is 4.87. The molecular formula is C11H16N4O4. The van der Waals surface area contributed by atoms with E-state index in [1.807, 2.05) is 6.92 Å². The standard InChI is InChI=1S/C11H16N4O4/c1-3-11(10(16)17)4-5-14(6-11)9-8(15(18)19)12-7-13(9)2/h7H,3-6H2,1-2H3,(H,16,17). The van der Waals surface area contributed by atoms with Gasteiger partial charge < -0.3 is 20.1 Å². The molecule has 1 saturated heterocycles. The molecule has 1 fully saturated rings. The Balaban J connectivity index is 2.33. The Hall–Kier alpha value is -2.12. The van der Waals surface area contributed by atoms with Gasteiger partial charge in [0.1, 0.15) is 0 Å². The minimum absolute atomic E-state index is 0.222. The number of anilines is 1. The fourth-order valence-corrected chi connectivity index (χ4v) is 2.57. The van der Waals surface area contributed by atoms with Gasteiger partial charge in [-0.25, -0.2) is 0 Å². The molecule has 2 heterocycles. The van der Waals surface area contributed by atoms with E-state index in [1.165, 1.54) is 6.33 Å². The van der Waals surface area contributed by atoms with Gasteiger partial charge in [-0.15, -0.1) is 0 Å². The Morgan fingerprint density at radius 2 is 2.37 bits per heavy atom. The molecule has 19 heavy (non-hydrogen) atoms. The molecule has 0 radical (unpaired) electrons. The molecule has 1 aliphatic heterocycles. The summed E-state index contributed by atoms with van der Waals surface area (Å²) in [6, 6.07) is 0. The van der Waals surface area contributed by atoms with Crippen molar-refractivity contribution in [1.29, 1.82) is 0 Å². The molecule has 1 atom stereocenters. The predicted molar refractivity (Wildman–Crippen MR) is 67.1 cm³/mol. The number of aliphatic carboxylic acids is 1. The summed E-state index contributed by atoms with van der Waals surface area (Å²) in [6.07, 6.45) is 2.37. The lowest BCUT2D eigenvalue weighted by Gasteiger charge is -2.23. The van der Waals surface area contributed by atoms with Gasteiger partial charge in [0.15, 0.2) is 0 Å². The van der Waals surface area contributed by atoms with Crippen molar-refractivity contribution in [3.05, 3.63) is 16.4 Å². The molecule has 0 spiro atoms. The van der Waals surface area contributed by atoms with E-state index in [1.54, 1.807) is 16.5 Å². The van der Waals surface area contributed by atoms with Gasteiger partial charge in [0.25, 0.3) is 0 Å². The lowest BCUT2D eigenvalue weighted by molar-refractivity contribution is -0.388. The summed E-state index contributed by atoms with van der Waals surface area (Å²) in [5.41, 5.74) is -0.821. The molecule has 1 N–H and O–H groups in total. The molecule has 0 bridgehead atoms. The quantitative estimate of drug-likeness (QED) is 0.646. The van der Waals surface area contributed by atoms with E-state index in [0.29, 0.717) is 25.2 Å². The summed E-state index contributed by atoms with van der Waals surface area (Å²) in [4.78, 5) is 27.3. The van der Waals surface area contributed by atoms with E-state index in [2.05, 4.69) is 4.98 Å². The highest BCUT2D eigenvalue weighted by atomic mass is 16.6. The fraction of sp³-hybridized carbons (Fsp3) is 0.636. The summed E-state index contributed by atoms with van der Waals surface area (Å²) >= 11 is 0. The first-order valence-electron chi connectivity index (χ1n) is 6.05. The Labute approximate surface area is 109 Å². The molecule has 0 aromatic carbocycles. The van der Waals surface area contributed by atoms with Crippen molar-refractivity contribution in [3.63, 3.8) is 0 Å². The van der Waals surface area contributed by atoms with E-state index in [0.717, 1.165) is 0 Å². The van der Waals surface area contributed by atoms with Crippen molar-refractivity contribution in [1.82, 2.24) is 9.55 Å². The van der Waals surface area contributed by atoms with Crippen LogP contribution in [-0.4, -0.2) is 38.6 Å². The largest absolute Gasteiger partial charge is 0.481 e. The molecule has 0 saturated carbocycles. The van der Waals surface area contributed by atoms with Crippen LogP contribution in [-0.2, 0) is 11.8 Å². The fourth-order valence-electron chi connectivity index (χ4n) is 2.57. The Morgan fingerprint density at radius 3 is 2.84 bits per heavy atom. The third kappa shape index (κ3) is 2.02. The Morgan fingerprint density at radius 1 is 1.68 bits per heavy atom. The SMILES string of the molecule is CCC1(C(=O)O)CCN(c2c([N+](=O)[O-])ncn2C)C1. The number of rotatable bonds is 4. The first kappa shape index (κ1) is 13.3. The topological polar surface area (TPSA) is 102 Å². The molecule has 8 nitrogen and oxygen atoms in total. The smallest absolute Gasteiger partial charge is 0.406 e. The third-order valence-corrected chi connectivity index (χ3v) is 3.84. The number of carboxylic acids is 1. The third-order valence-electron chi connectivity index (χ3n) is 3.84. The summed E-state index contributed by atoms with van der Waals surface area (Å²) in [6.45, 7) is 2.59. The van der Waals surface area contributed by atoms with E-state index in [-0.39, 0.29) is 12.4 Å². The highest BCUT2D eigenvalue weighted by Crippen LogP contribution is 2.39. The lowest BCUT2D eigenvalue weighted by atomic mass is 9.84. The van der Waals surface area contributed by atoms with Gasteiger partial charge in [-0.1, -0.05) is 6.92 Å². The van der Waals surface area contributed by atoms with Crippen molar-refractivity contribution >= 4 is 17.6 Å². The second kappa shape index (κ2) is 4.52. The van der Waals surface area contributed by atoms with Gasteiger partial charge >= 0.3 is 11.8 Å². The molecule has 2 rings (SSSR count). The molecule has 0 amide bonds. The van der Waals surface area contributed by atoms with Crippen molar-refractivity contribution < 1.29 is 14.8 Å². The highest BCUT2D eigenvalue weighted by molar-refractivity contribution is 5.77. The van der Waals surface area contributed by atoms with Crippen LogP contribution in [0.4, 0.5) is 11.6 Å². The second-order valence-corrected chi connectivity index (χ2v) is 4.87. The van der Waals surface area contributed by atoms with Crippen LogP contribution in [0.15, 0.2) is 6.33 Å². The number of carboxylic acid groups (broad SMARTS) is 1. The minimum Gasteiger partial charge on any atom is -0.481 e. The summed E-state index contributed by atoms with van der Waals surface area (Å²) in [5, 5.41) is 20.3. The minimum atomic E-state index is -0.845. The maximum atomic E-state index is 11.4. The number of aromatic nitrogens is 2. The van der Waals surface area contributed by atoms with Gasteiger partial charge in [-0.3, -0.25) is 9.36 Å². The molecule has 1 aromatic heterocycles. The van der Waals surface area contributed by atoms with Crippen LogP contribution >= 0.6 is 0 Å². The molecule has 1 aromatic rings. The molecule has 1 unspecified atom stereocenters. The summed E-state index contributed by atoms with van der Waals surface area (Å²) < 4.78 is 1.56. The van der Waals surface area contributed by atoms with Crippen LogP contribution in [0.1, 0.15) is 19.8 Å². The lowest BCUT2D eigenvalue weighted by Crippen LogP contribution is -2.34. The predicted octanol–water partition coefficient (Wildman–Crippen LogP) is 1.02. The number of hydrogen-bond acceptors (Lipinski definition) is 5. The number of imidazole rings is 1. The van der Waals surface area contributed by atoms with Crippen molar-refractivity contribution in [2.24, 2.45) is 12.5 Å². The van der Waals surface area contributed by atoms with Crippen molar-refractivity contribution in [2.75, 3.05) is 18.0 Å². The molecule has 104 valence electrons. The monoisotopic (exact) mass is 268 g/mol. The Kier molecular flexibility index (Phi) is 3.17. The van der Waals surface area contributed by atoms with Gasteiger partial charge in [-0.05, 0) is 22.7 Å².